The number of hydrogen-bond donors (Lipinski definition) is 2. The van der Waals surface area contributed by atoms with Crippen LogP contribution in [0.3, 0.4) is 0 Å². The van der Waals surface area contributed by atoms with E-state index in [0.717, 1.165) is 11.0 Å². The zero-order chi connectivity index (χ0) is 18.8. The molecule has 0 radical (unpaired) electrons. The molecule has 0 fully saturated rings. The molecule has 0 spiro atoms. The number of pyridine rings is 1. The largest absolute Gasteiger partial charge is 0.368 e. The summed E-state index contributed by atoms with van der Waals surface area (Å²) in [6, 6.07) is 9.90. The lowest BCUT2D eigenvalue weighted by molar-refractivity contribution is -0.120. The standard InChI is InChI=1S/C19H21N5O2/c1-11(2)24-18-14(10-21-24)9-15(12(3)22-18)19(26)23-16(17(20)25)13-7-5-4-6-8-13/h4-11,16H,1-3H3,(H2,20,25)(H,23,26). The molecule has 2 heterocycles. The van der Waals surface area contributed by atoms with Crippen molar-refractivity contribution in [2.24, 2.45) is 5.73 Å². The van der Waals surface area contributed by atoms with E-state index < -0.39 is 17.9 Å². The van der Waals surface area contributed by atoms with Crippen LogP contribution in [-0.2, 0) is 4.79 Å². The molecule has 7 nitrogen and oxygen atoms in total. The lowest BCUT2D eigenvalue weighted by Crippen LogP contribution is -2.37. The predicted molar refractivity (Wildman–Crippen MR) is 98.5 cm³/mol. The molecule has 0 aliphatic heterocycles. The lowest BCUT2D eigenvalue weighted by Gasteiger charge is -2.16. The maximum Gasteiger partial charge on any atom is 0.254 e. The van der Waals surface area contributed by atoms with E-state index in [1.165, 1.54) is 0 Å². The fourth-order valence-electron chi connectivity index (χ4n) is 2.85. The van der Waals surface area contributed by atoms with Crippen molar-refractivity contribution in [3.05, 3.63) is 59.4 Å². The van der Waals surface area contributed by atoms with Crippen LogP contribution in [0.15, 0.2) is 42.6 Å². The van der Waals surface area contributed by atoms with E-state index in [2.05, 4.69) is 15.4 Å². The van der Waals surface area contributed by atoms with Crippen molar-refractivity contribution in [3.63, 3.8) is 0 Å². The molecular weight excluding hydrogens is 330 g/mol. The highest BCUT2D eigenvalue weighted by atomic mass is 16.2. The maximum atomic E-state index is 12.8. The van der Waals surface area contributed by atoms with Crippen molar-refractivity contribution in [2.75, 3.05) is 0 Å². The van der Waals surface area contributed by atoms with Crippen molar-refractivity contribution in [3.8, 4) is 0 Å². The second-order valence-corrected chi connectivity index (χ2v) is 6.44. The van der Waals surface area contributed by atoms with Crippen LogP contribution in [0.1, 0.15) is 47.5 Å². The van der Waals surface area contributed by atoms with E-state index in [0.29, 0.717) is 16.8 Å². The average molecular weight is 351 g/mol. The summed E-state index contributed by atoms with van der Waals surface area (Å²) in [5, 5.41) is 7.79. The first-order chi connectivity index (χ1) is 12.4. The molecule has 1 unspecified atom stereocenters. The summed E-state index contributed by atoms with van der Waals surface area (Å²) in [5.41, 5.74) is 7.79. The molecule has 0 bridgehead atoms. The molecule has 1 aromatic carbocycles. The van der Waals surface area contributed by atoms with E-state index in [9.17, 15) is 9.59 Å². The van der Waals surface area contributed by atoms with Crippen LogP contribution in [0.4, 0.5) is 0 Å². The predicted octanol–water partition coefficient (Wildman–Crippen LogP) is 2.28. The molecule has 0 saturated heterocycles. The van der Waals surface area contributed by atoms with E-state index in [-0.39, 0.29) is 6.04 Å². The number of fused-ring (bicyclic) bond motifs is 1. The SMILES string of the molecule is Cc1nc2c(cnn2C(C)C)cc1C(=O)NC(C(N)=O)c1ccccc1. The van der Waals surface area contributed by atoms with E-state index in [4.69, 9.17) is 5.73 Å². The number of hydrogen-bond acceptors (Lipinski definition) is 4. The van der Waals surface area contributed by atoms with Gasteiger partial charge in [-0.15, -0.1) is 0 Å². The number of nitrogens with one attached hydrogen (secondary N) is 1. The number of nitrogens with two attached hydrogens (primary N) is 1. The molecule has 3 N–H and O–H groups in total. The molecule has 0 aliphatic rings. The Kier molecular flexibility index (Phi) is 4.71. The van der Waals surface area contributed by atoms with Gasteiger partial charge in [-0.3, -0.25) is 9.59 Å². The highest BCUT2D eigenvalue weighted by Gasteiger charge is 2.23. The molecule has 2 aromatic heterocycles. The summed E-state index contributed by atoms with van der Waals surface area (Å²) < 4.78 is 1.81. The molecular formula is C19H21N5O2. The van der Waals surface area contributed by atoms with E-state index >= 15 is 0 Å². The normalized spacial score (nSPS) is 12.3. The van der Waals surface area contributed by atoms with Crippen LogP contribution in [0.2, 0.25) is 0 Å². The van der Waals surface area contributed by atoms with Gasteiger partial charge in [0.05, 0.1) is 17.5 Å². The Balaban J connectivity index is 1.94. The monoisotopic (exact) mass is 351 g/mol. The highest BCUT2D eigenvalue weighted by Crippen LogP contribution is 2.20. The molecule has 26 heavy (non-hydrogen) atoms. The summed E-state index contributed by atoms with van der Waals surface area (Å²) in [5.74, 6) is -1.02. The third-order valence-electron chi connectivity index (χ3n) is 4.19. The van der Waals surface area contributed by atoms with Crippen molar-refractivity contribution in [1.29, 1.82) is 0 Å². The van der Waals surface area contributed by atoms with E-state index in [1.807, 2.05) is 19.9 Å². The van der Waals surface area contributed by atoms with Gasteiger partial charge in [-0.05, 0) is 32.4 Å². The summed E-state index contributed by atoms with van der Waals surface area (Å²) in [6.07, 6.45) is 1.68. The second kappa shape index (κ2) is 6.95. The summed E-state index contributed by atoms with van der Waals surface area (Å²) >= 11 is 0. The van der Waals surface area contributed by atoms with Gasteiger partial charge in [0.1, 0.15) is 6.04 Å². The number of carbonyl (C=O) groups is 2. The second-order valence-electron chi connectivity index (χ2n) is 6.44. The number of rotatable bonds is 5. The van der Waals surface area contributed by atoms with Gasteiger partial charge in [-0.1, -0.05) is 30.3 Å². The molecule has 2 amide bonds. The maximum absolute atomic E-state index is 12.8. The average Bonchev–Trinajstić information content (AvgIpc) is 3.02. The zero-order valence-corrected chi connectivity index (χ0v) is 14.9. The van der Waals surface area contributed by atoms with Crippen molar-refractivity contribution in [2.45, 2.75) is 32.9 Å². The highest BCUT2D eigenvalue weighted by molar-refractivity contribution is 6.00. The van der Waals surface area contributed by atoms with Gasteiger partial charge in [0.15, 0.2) is 5.65 Å². The first-order valence-electron chi connectivity index (χ1n) is 8.38. The molecule has 0 saturated carbocycles. The third-order valence-corrected chi connectivity index (χ3v) is 4.19. The van der Waals surface area contributed by atoms with Gasteiger partial charge >= 0.3 is 0 Å². The number of carbonyl (C=O) groups excluding carboxylic acids is 2. The fourth-order valence-corrected chi connectivity index (χ4v) is 2.85. The Bertz CT molecular complexity index is 963. The molecule has 0 aliphatic carbocycles. The smallest absolute Gasteiger partial charge is 0.254 e. The first kappa shape index (κ1) is 17.6. The minimum Gasteiger partial charge on any atom is -0.368 e. The summed E-state index contributed by atoms with van der Waals surface area (Å²) in [4.78, 5) is 29.1. The Labute approximate surface area is 151 Å². The minimum absolute atomic E-state index is 0.163. The Morgan fingerprint density at radius 3 is 2.50 bits per heavy atom. The Hall–Kier alpha value is -3.22. The molecule has 1 atom stereocenters. The lowest BCUT2D eigenvalue weighted by atomic mass is 10.1. The number of primary amides is 1. The number of aromatic nitrogens is 3. The van der Waals surface area contributed by atoms with Crippen molar-refractivity contribution >= 4 is 22.8 Å². The van der Waals surface area contributed by atoms with Crippen LogP contribution >= 0.6 is 0 Å². The number of nitrogens with zero attached hydrogens (tertiary/aromatic N) is 3. The van der Waals surface area contributed by atoms with Crippen LogP contribution in [-0.4, -0.2) is 26.6 Å². The molecule has 7 heteroatoms. The topological polar surface area (TPSA) is 103 Å². The number of benzene rings is 1. The van der Waals surface area contributed by atoms with Crippen molar-refractivity contribution < 1.29 is 9.59 Å². The number of aryl methyl sites for hydroxylation is 1. The van der Waals surface area contributed by atoms with Crippen LogP contribution in [0.25, 0.3) is 11.0 Å². The van der Waals surface area contributed by atoms with Gasteiger partial charge in [0.25, 0.3) is 5.91 Å². The summed E-state index contributed by atoms with van der Waals surface area (Å²) in [6.45, 7) is 5.79. The van der Waals surface area contributed by atoms with Gasteiger partial charge in [-0.25, -0.2) is 9.67 Å². The molecule has 134 valence electrons. The molecule has 3 aromatic rings. The minimum atomic E-state index is -0.905. The van der Waals surface area contributed by atoms with Gasteiger partial charge < -0.3 is 11.1 Å². The van der Waals surface area contributed by atoms with Crippen LogP contribution in [0.5, 0.6) is 0 Å². The third kappa shape index (κ3) is 3.28. The van der Waals surface area contributed by atoms with Gasteiger partial charge in [0, 0.05) is 11.4 Å². The van der Waals surface area contributed by atoms with Gasteiger partial charge in [-0.2, -0.15) is 5.10 Å². The van der Waals surface area contributed by atoms with Crippen LogP contribution < -0.4 is 11.1 Å². The van der Waals surface area contributed by atoms with Crippen LogP contribution in [0, 0.1) is 6.92 Å². The number of amides is 2. The van der Waals surface area contributed by atoms with E-state index in [1.54, 1.807) is 48.1 Å². The zero-order valence-electron chi connectivity index (χ0n) is 14.9. The van der Waals surface area contributed by atoms with Gasteiger partial charge in [0.2, 0.25) is 5.91 Å². The summed E-state index contributed by atoms with van der Waals surface area (Å²) in [7, 11) is 0. The Morgan fingerprint density at radius 2 is 1.88 bits per heavy atom. The Morgan fingerprint density at radius 1 is 1.19 bits per heavy atom. The quantitative estimate of drug-likeness (QED) is 0.736. The van der Waals surface area contributed by atoms with Crippen molar-refractivity contribution in [1.82, 2.24) is 20.1 Å². The first-order valence-corrected chi connectivity index (χ1v) is 8.38. The molecule has 3 rings (SSSR count). The fraction of sp³-hybridized carbons (Fsp3) is 0.263.